The number of para-hydroxylation sites is 1. The van der Waals surface area contributed by atoms with Crippen LogP contribution in [0.1, 0.15) is 19.4 Å². The van der Waals surface area contributed by atoms with Crippen LogP contribution in [0.4, 0.5) is 0 Å². The number of rotatable bonds is 6. The summed E-state index contributed by atoms with van der Waals surface area (Å²) in [5, 5.41) is 8.83. The molecule has 0 saturated heterocycles. The van der Waals surface area contributed by atoms with Gasteiger partial charge in [0.05, 0.1) is 6.61 Å². The number of carbonyl (C=O) groups is 1. The second-order valence-corrected chi connectivity index (χ2v) is 3.48. The van der Waals surface area contributed by atoms with Crippen LogP contribution in [0.25, 0.3) is 0 Å². The van der Waals surface area contributed by atoms with Crippen LogP contribution in [0.15, 0.2) is 18.2 Å². The van der Waals surface area contributed by atoms with E-state index in [-0.39, 0.29) is 6.54 Å². The Hall–Kier alpha value is -1.75. The Balaban J connectivity index is 3.03. The first kappa shape index (κ1) is 13.3. The van der Waals surface area contributed by atoms with E-state index < -0.39 is 12.1 Å². The molecule has 1 aromatic carbocycles. The summed E-state index contributed by atoms with van der Waals surface area (Å²) in [7, 11) is 0. The number of benzene rings is 1. The van der Waals surface area contributed by atoms with E-state index in [9.17, 15) is 4.79 Å². The van der Waals surface area contributed by atoms with Crippen molar-refractivity contribution >= 4 is 5.97 Å². The summed E-state index contributed by atoms with van der Waals surface area (Å²) in [6, 6.07) is 5.31. The number of ether oxygens (including phenoxy) is 2. The SMILES string of the molecule is CCOc1cccc(CN)c1OC(C)C(=O)O. The van der Waals surface area contributed by atoms with Crippen LogP contribution in [0, 0.1) is 0 Å². The topological polar surface area (TPSA) is 81.8 Å². The van der Waals surface area contributed by atoms with Crippen LogP contribution in [-0.2, 0) is 11.3 Å². The second-order valence-electron chi connectivity index (χ2n) is 3.48. The van der Waals surface area contributed by atoms with E-state index >= 15 is 0 Å². The smallest absolute Gasteiger partial charge is 0.344 e. The number of hydrogen-bond acceptors (Lipinski definition) is 4. The van der Waals surface area contributed by atoms with Gasteiger partial charge in [-0.15, -0.1) is 0 Å². The van der Waals surface area contributed by atoms with Crippen molar-refractivity contribution < 1.29 is 19.4 Å². The molecular weight excluding hydrogens is 222 g/mol. The molecule has 0 spiro atoms. The average molecular weight is 239 g/mol. The summed E-state index contributed by atoms with van der Waals surface area (Å²) in [6.45, 7) is 4.05. The van der Waals surface area contributed by atoms with Gasteiger partial charge in [-0.3, -0.25) is 0 Å². The second kappa shape index (κ2) is 6.10. The molecule has 0 bridgehead atoms. The fourth-order valence-corrected chi connectivity index (χ4v) is 1.35. The molecule has 0 saturated carbocycles. The monoisotopic (exact) mass is 239 g/mol. The maximum atomic E-state index is 10.8. The van der Waals surface area contributed by atoms with E-state index in [0.717, 1.165) is 5.56 Å². The van der Waals surface area contributed by atoms with Crippen LogP contribution in [0.2, 0.25) is 0 Å². The first-order valence-corrected chi connectivity index (χ1v) is 5.44. The van der Waals surface area contributed by atoms with Crippen molar-refractivity contribution in [2.75, 3.05) is 6.61 Å². The van der Waals surface area contributed by atoms with E-state index in [2.05, 4.69) is 0 Å². The molecule has 0 aliphatic heterocycles. The molecule has 0 aliphatic carbocycles. The highest BCUT2D eigenvalue weighted by atomic mass is 16.5. The molecule has 17 heavy (non-hydrogen) atoms. The molecular formula is C12H17NO4. The Morgan fingerprint density at radius 3 is 2.76 bits per heavy atom. The van der Waals surface area contributed by atoms with Gasteiger partial charge in [0.1, 0.15) is 0 Å². The van der Waals surface area contributed by atoms with Crippen molar-refractivity contribution in [2.45, 2.75) is 26.5 Å². The summed E-state index contributed by atoms with van der Waals surface area (Å²) in [5.74, 6) is -0.102. The van der Waals surface area contributed by atoms with Gasteiger partial charge in [0.25, 0.3) is 0 Å². The fourth-order valence-electron chi connectivity index (χ4n) is 1.35. The molecule has 1 atom stereocenters. The number of aliphatic carboxylic acids is 1. The predicted octanol–water partition coefficient (Wildman–Crippen LogP) is 1.40. The lowest BCUT2D eigenvalue weighted by molar-refractivity contribution is -0.144. The predicted molar refractivity (Wildman–Crippen MR) is 63.2 cm³/mol. The minimum atomic E-state index is -1.03. The molecule has 1 rings (SSSR count). The molecule has 5 heteroatoms. The molecule has 0 aromatic heterocycles. The number of hydrogen-bond donors (Lipinski definition) is 2. The van der Waals surface area contributed by atoms with Gasteiger partial charge in [0.2, 0.25) is 0 Å². The third-order valence-corrected chi connectivity index (χ3v) is 2.22. The van der Waals surface area contributed by atoms with Gasteiger partial charge >= 0.3 is 5.97 Å². The Kier molecular flexibility index (Phi) is 4.78. The standard InChI is InChI=1S/C12H17NO4/c1-3-16-10-6-4-5-9(7-13)11(10)17-8(2)12(14)15/h4-6,8H,3,7,13H2,1-2H3,(H,14,15). The molecule has 0 aliphatic rings. The van der Waals surface area contributed by atoms with Gasteiger partial charge in [-0.1, -0.05) is 12.1 Å². The Bertz CT molecular complexity index is 392. The first-order chi connectivity index (χ1) is 8.10. The van der Waals surface area contributed by atoms with Crippen LogP contribution in [0.3, 0.4) is 0 Å². The van der Waals surface area contributed by atoms with Gasteiger partial charge in [-0.05, 0) is 19.9 Å². The Labute approximate surface area is 100 Å². The summed E-state index contributed by atoms with van der Waals surface area (Å²) >= 11 is 0. The highest BCUT2D eigenvalue weighted by molar-refractivity contribution is 5.72. The number of carboxylic acids is 1. The molecule has 1 unspecified atom stereocenters. The van der Waals surface area contributed by atoms with Crippen molar-refractivity contribution in [1.29, 1.82) is 0 Å². The van der Waals surface area contributed by atoms with Crippen molar-refractivity contribution in [3.63, 3.8) is 0 Å². The zero-order valence-corrected chi connectivity index (χ0v) is 9.97. The maximum absolute atomic E-state index is 10.8. The van der Waals surface area contributed by atoms with Crippen LogP contribution < -0.4 is 15.2 Å². The van der Waals surface area contributed by atoms with Crippen molar-refractivity contribution in [3.05, 3.63) is 23.8 Å². The maximum Gasteiger partial charge on any atom is 0.344 e. The Morgan fingerprint density at radius 2 is 2.24 bits per heavy atom. The molecule has 0 fully saturated rings. The quantitative estimate of drug-likeness (QED) is 0.784. The van der Waals surface area contributed by atoms with Crippen LogP contribution in [0.5, 0.6) is 11.5 Å². The largest absolute Gasteiger partial charge is 0.490 e. The molecule has 0 radical (unpaired) electrons. The summed E-state index contributed by atoms with van der Waals surface area (Å²) in [6.07, 6.45) is -0.943. The fraction of sp³-hybridized carbons (Fsp3) is 0.417. The zero-order valence-electron chi connectivity index (χ0n) is 9.97. The van der Waals surface area contributed by atoms with Crippen LogP contribution >= 0.6 is 0 Å². The summed E-state index contributed by atoms with van der Waals surface area (Å²) in [4.78, 5) is 10.8. The third-order valence-electron chi connectivity index (χ3n) is 2.22. The highest BCUT2D eigenvalue weighted by Gasteiger charge is 2.17. The summed E-state index contributed by atoms with van der Waals surface area (Å²) in [5.41, 5.74) is 6.31. The van der Waals surface area contributed by atoms with Crippen LogP contribution in [-0.4, -0.2) is 23.8 Å². The normalized spacial score (nSPS) is 11.9. The lowest BCUT2D eigenvalue weighted by Crippen LogP contribution is -2.24. The molecule has 1 aromatic rings. The molecule has 94 valence electrons. The molecule has 5 nitrogen and oxygen atoms in total. The van der Waals surface area contributed by atoms with Crippen molar-refractivity contribution in [2.24, 2.45) is 5.73 Å². The zero-order chi connectivity index (χ0) is 12.8. The van der Waals surface area contributed by atoms with E-state index in [1.54, 1.807) is 18.2 Å². The lowest BCUT2D eigenvalue weighted by atomic mass is 10.2. The molecule has 0 amide bonds. The van der Waals surface area contributed by atoms with Gasteiger partial charge < -0.3 is 20.3 Å². The number of nitrogens with two attached hydrogens (primary N) is 1. The highest BCUT2D eigenvalue weighted by Crippen LogP contribution is 2.32. The average Bonchev–Trinajstić information content (AvgIpc) is 2.31. The number of carboxylic acid groups (broad SMARTS) is 1. The molecule has 0 heterocycles. The minimum absolute atomic E-state index is 0.266. The lowest BCUT2D eigenvalue weighted by Gasteiger charge is -2.17. The van der Waals surface area contributed by atoms with Gasteiger partial charge in [0, 0.05) is 12.1 Å². The van der Waals surface area contributed by atoms with E-state index in [1.807, 2.05) is 6.92 Å². The third kappa shape index (κ3) is 3.35. The van der Waals surface area contributed by atoms with E-state index in [4.69, 9.17) is 20.3 Å². The van der Waals surface area contributed by atoms with E-state index in [1.165, 1.54) is 6.92 Å². The van der Waals surface area contributed by atoms with E-state index in [0.29, 0.717) is 18.1 Å². The van der Waals surface area contributed by atoms with Gasteiger partial charge in [-0.25, -0.2) is 4.79 Å². The Morgan fingerprint density at radius 1 is 1.53 bits per heavy atom. The minimum Gasteiger partial charge on any atom is -0.490 e. The van der Waals surface area contributed by atoms with Crippen molar-refractivity contribution in [3.8, 4) is 11.5 Å². The van der Waals surface area contributed by atoms with Crippen molar-refractivity contribution in [1.82, 2.24) is 0 Å². The van der Waals surface area contributed by atoms with Gasteiger partial charge in [-0.2, -0.15) is 0 Å². The first-order valence-electron chi connectivity index (χ1n) is 5.44. The van der Waals surface area contributed by atoms with Gasteiger partial charge in [0.15, 0.2) is 17.6 Å². The molecule has 3 N–H and O–H groups in total. The summed E-state index contributed by atoms with van der Waals surface area (Å²) < 4.78 is 10.8.